The zero-order valence-electron chi connectivity index (χ0n) is 24.7. The van der Waals surface area contributed by atoms with Gasteiger partial charge in [-0.2, -0.15) is 0 Å². The van der Waals surface area contributed by atoms with Crippen LogP contribution in [0.25, 0.3) is 0 Å². The zero-order chi connectivity index (χ0) is 32.4. The fraction of sp³-hybridized carbons (Fsp3) is 0.235. The molecule has 2 amide bonds. The van der Waals surface area contributed by atoms with E-state index >= 15 is 0 Å². The van der Waals surface area contributed by atoms with Crippen LogP contribution in [0.5, 0.6) is 0 Å². The van der Waals surface area contributed by atoms with Gasteiger partial charge in [-0.25, -0.2) is 8.42 Å². The van der Waals surface area contributed by atoms with Crippen LogP contribution >= 0.6 is 34.8 Å². The van der Waals surface area contributed by atoms with E-state index in [-0.39, 0.29) is 29.5 Å². The van der Waals surface area contributed by atoms with Gasteiger partial charge in [0.25, 0.3) is 10.0 Å². The van der Waals surface area contributed by atoms with Gasteiger partial charge in [-0.15, -0.1) is 0 Å². The van der Waals surface area contributed by atoms with Crippen molar-refractivity contribution in [2.75, 3.05) is 17.4 Å². The first kappa shape index (κ1) is 34.3. The number of nitrogens with zero attached hydrogens (tertiary/aromatic N) is 2. The summed E-state index contributed by atoms with van der Waals surface area (Å²) < 4.78 is 29.1. The van der Waals surface area contributed by atoms with Gasteiger partial charge in [-0.1, -0.05) is 103 Å². The van der Waals surface area contributed by atoms with Gasteiger partial charge < -0.3 is 10.2 Å². The Morgan fingerprint density at radius 1 is 0.800 bits per heavy atom. The number of carbonyl (C=O) groups excluding carboxylic acids is 2. The van der Waals surface area contributed by atoms with Crippen LogP contribution in [0, 0.1) is 0 Å². The van der Waals surface area contributed by atoms with Crippen molar-refractivity contribution in [3.8, 4) is 0 Å². The first-order chi connectivity index (χ1) is 21.6. The van der Waals surface area contributed by atoms with Crippen molar-refractivity contribution in [2.24, 2.45) is 0 Å². The van der Waals surface area contributed by atoms with Gasteiger partial charge in [-0.3, -0.25) is 13.9 Å². The summed E-state index contributed by atoms with van der Waals surface area (Å²) in [7, 11) is -4.24. The normalized spacial score (nSPS) is 11.9. The molecule has 4 rings (SSSR count). The highest BCUT2D eigenvalue weighted by Gasteiger charge is 2.35. The molecule has 4 aromatic carbocycles. The molecule has 0 spiro atoms. The number of halogens is 3. The van der Waals surface area contributed by atoms with E-state index in [0.717, 1.165) is 22.7 Å². The summed E-state index contributed by atoms with van der Waals surface area (Å²) in [6, 6.07) is 27.4. The molecule has 0 aliphatic carbocycles. The van der Waals surface area contributed by atoms with E-state index in [1.165, 1.54) is 29.2 Å². The van der Waals surface area contributed by atoms with Crippen molar-refractivity contribution in [1.82, 2.24) is 10.2 Å². The highest BCUT2D eigenvalue weighted by atomic mass is 35.5. The summed E-state index contributed by atoms with van der Waals surface area (Å²) in [5, 5.41) is 3.97. The van der Waals surface area contributed by atoms with Crippen LogP contribution in [-0.2, 0) is 32.6 Å². The first-order valence-electron chi connectivity index (χ1n) is 14.5. The second kappa shape index (κ2) is 16.1. The molecular formula is C34H34Cl3N3O4S. The predicted octanol–water partition coefficient (Wildman–Crippen LogP) is 7.40. The van der Waals surface area contributed by atoms with Crippen LogP contribution < -0.4 is 9.62 Å². The van der Waals surface area contributed by atoms with Gasteiger partial charge in [0.05, 0.1) is 10.6 Å². The minimum Gasteiger partial charge on any atom is -0.354 e. The van der Waals surface area contributed by atoms with E-state index in [2.05, 4.69) is 5.32 Å². The number of carbonyl (C=O) groups is 2. The number of benzene rings is 4. The summed E-state index contributed by atoms with van der Waals surface area (Å²) in [6.07, 6.45) is 1.81. The minimum atomic E-state index is -4.24. The van der Waals surface area contributed by atoms with Crippen LogP contribution in [0.2, 0.25) is 15.1 Å². The summed E-state index contributed by atoms with van der Waals surface area (Å²) >= 11 is 19.1. The molecule has 0 unspecified atom stereocenters. The number of nitrogens with one attached hydrogen (secondary N) is 1. The van der Waals surface area contributed by atoms with Crippen molar-refractivity contribution >= 4 is 62.3 Å². The minimum absolute atomic E-state index is 0.0394. The van der Waals surface area contributed by atoms with E-state index in [9.17, 15) is 18.0 Å². The molecule has 4 aromatic rings. The van der Waals surface area contributed by atoms with Crippen molar-refractivity contribution < 1.29 is 18.0 Å². The average molecular weight is 687 g/mol. The third-order valence-corrected chi connectivity index (χ3v) is 9.96. The fourth-order valence-corrected chi connectivity index (χ4v) is 6.83. The van der Waals surface area contributed by atoms with Crippen LogP contribution in [-0.4, -0.2) is 44.3 Å². The highest BCUT2D eigenvalue weighted by Crippen LogP contribution is 2.29. The second-order valence-corrected chi connectivity index (χ2v) is 13.5. The third-order valence-electron chi connectivity index (χ3n) is 7.22. The SMILES string of the molecule is CCCCNC(=O)[C@H](Cc1ccccc1)N(Cc1c(Cl)cccc1Cl)C(=O)CN(c1ccccc1)S(=O)(=O)c1ccc(Cl)cc1. The number of unbranched alkanes of at least 4 members (excludes halogenated alkanes) is 1. The molecule has 0 bridgehead atoms. The Morgan fingerprint density at radius 2 is 1.40 bits per heavy atom. The molecule has 0 fully saturated rings. The van der Waals surface area contributed by atoms with Gasteiger partial charge in [-0.05, 0) is 60.5 Å². The van der Waals surface area contributed by atoms with Gasteiger partial charge in [0.1, 0.15) is 12.6 Å². The van der Waals surface area contributed by atoms with Crippen molar-refractivity contribution in [2.45, 2.75) is 43.7 Å². The van der Waals surface area contributed by atoms with Gasteiger partial charge in [0.2, 0.25) is 11.8 Å². The maximum Gasteiger partial charge on any atom is 0.264 e. The van der Waals surface area contributed by atoms with E-state index in [1.54, 1.807) is 48.5 Å². The molecule has 236 valence electrons. The Labute approximate surface area is 279 Å². The molecule has 0 saturated carbocycles. The lowest BCUT2D eigenvalue weighted by atomic mass is 10.0. The number of hydrogen-bond donors (Lipinski definition) is 1. The monoisotopic (exact) mass is 685 g/mol. The van der Waals surface area contributed by atoms with Gasteiger partial charge in [0.15, 0.2) is 0 Å². The van der Waals surface area contributed by atoms with Crippen molar-refractivity contribution in [3.63, 3.8) is 0 Å². The highest BCUT2D eigenvalue weighted by molar-refractivity contribution is 7.92. The maximum atomic E-state index is 14.5. The molecule has 0 radical (unpaired) electrons. The number of hydrogen-bond acceptors (Lipinski definition) is 4. The molecule has 0 aliphatic heterocycles. The summed E-state index contributed by atoms with van der Waals surface area (Å²) in [6.45, 7) is 1.73. The van der Waals surface area contributed by atoms with Gasteiger partial charge in [0, 0.05) is 40.1 Å². The zero-order valence-corrected chi connectivity index (χ0v) is 27.8. The van der Waals surface area contributed by atoms with Gasteiger partial charge >= 0.3 is 0 Å². The molecule has 1 atom stereocenters. The standard InChI is InChI=1S/C34H34Cl3N3O4S/c1-2-3-21-38-34(42)32(22-25-11-6-4-7-12-25)39(23-29-30(36)15-10-16-31(29)37)33(41)24-40(27-13-8-5-9-14-27)45(43,44)28-19-17-26(35)18-20-28/h4-20,32H,2-3,21-24H2,1H3,(H,38,42)/t32-/m0/s1. The van der Waals surface area contributed by atoms with Crippen molar-refractivity contribution in [3.05, 3.63) is 129 Å². The number of amides is 2. The van der Waals surface area contributed by atoms with E-state index < -0.39 is 28.5 Å². The topological polar surface area (TPSA) is 86.8 Å². The Bertz CT molecular complexity index is 1670. The van der Waals surface area contributed by atoms with E-state index in [0.29, 0.717) is 27.2 Å². The van der Waals surface area contributed by atoms with Crippen LogP contribution in [0.1, 0.15) is 30.9 Å². The molecule has 0 heterocycles. The quantitative estimate of drug-likeness (QED) is 0.140. The summed E-state index contributed by atoms with van der Waals surface area (Å²) in [5.74, 6) is -0.977. The largest absolute Gasteiger partial charge is 0.354 e. The smallest absolute Gasteiger partial charge is 0.264 e. The number of anilines is 1. The number of sulfonamides is 1. The molecule has 0 aliphatic rings. The fourth-order valence-electron chi connectivity index (χ4n) is 4.77. The average Bonchev–Trinajstić information content (AvgIpc) is 3.03. The first-order valence-corrected chi connectivity index (χ1v) is 17.1. The van der Waals surface area contributed by atoms with Crippen LogP contribution in [0.15, 0.2) is 108 Å². The molecule has 0 saturated heterocycles. The molecule has 0 aromatic heterocycles. The molecular weight excluding hydrogens is 653 g/mol. The predicted molar refractivity (Wildman–Crippen MR) is 181 cm³/mol. The number of para-hydroxylation sites is 1. The van der Waals surface area contributed by atoms with Crippen LogP contribution in [0.3, 0.4) is 0 Å². The number of rotatable bonds is 14. The van der Waals surface area contributed by atoms with Crippen LogP contribution in [0.4, 0.5) is 5.69 Å². The van der Waals surface area contributed by atoms with Crippen molar-refractivity contribution in [1.29, 1.82) is 0 Å². The molecule has 1 N–H and O–H groups in total. The Hall–Kier alpha value is -3.56. The lowest BCUT2D eigenvalue weighted by Crippen LogP contribution is -2.53. The molecule has 11 heteroatoms. The molecule has 45 heavy (non-hydrogen) atoms. The summed E-state index contributed by atoms with van der Waals surface area (Å²) in [5.41, 5.74) is 1.55. The maximum absolute atomic E-state index is 14.5. The summed E-state index contributed by atoms with van der Waals surface area (Å²) in [4.78, 5) is 29.6. The molecule has 7 nitrogen and oxygen atoms in total. The lowest BCUT2D eigenvalue weighted by molar-refractivity contribution is -0.140. The Balaban J connectivity index is 1.80. The van der Waals surface area contributed by atoms with E-state index in [1.807, 2.05) is 37.3 Å². The Morgan fingerprint density at radius 3 is 2.00 bits per heavy atom. The third kappa shape index (κ3) is 9.01. The lowest BCUT2D eigenvalue weighted by Gasteiger charge is -2.34. The Kier molecular flexibility index (Phi) is 12.3. The second-order valence-electron chi connectivity index (χ2n) is 10.4. The van der Waals surface area contributed by atoms with E-state index in [4.69, 9.17) is 34.8 Å².